The molecule has 0 atom stereocenters. The first-order chi connectivity index (χ1) is 14.7. The highest BCUT2D eigenvalue weighted by molar-refractivity contribution is 5.93. The van der Waals surface area contributed by atoms with Crippen molar-refractivity contribution in [3.8, 4) is 11.1 Å². The molecule has 1 aliphatic heterocycles. The Bertz CT molecular complexity index is 1220. The van der Waals surface area contributed by atoms with Crippen molar-refractivity contribution < 1.29 is 13.9 Å². The molecule has 2 N–H and O–H groups in total. The van der Waals surface area contributed by atoms with Crippen molar-refractivity contribution >= 4 is 22.6 Å². The minimum atomic E-state index is -0.392. The van der Waals surface area contributed by atoms with Gasteiger partial charge in [-0.3, -0.25) is 4.40 Å². The van der Waals surface area contributed by atoms with Gasteiger partial charge in [-0.2, -0.15) is 9.37 Å². The Morgan fingerprint density at radius 3 is 2.80 bits per heavy atom. The predicted octanol–water partition coefficient (Wildman–Crippen LogP) is 3.51. The summed E-state index contributed by atoms with van der Waals surface area (Å²) in [5.74, 6) is -0.161. The second-order valence-corrected chi connectivity index (χ2v) is 7.91. The third-order valence-corrected chi connectivity index (χ3v) is 6.10. The predicted molar refractivity (Wildman–Crippen MR) is 109 cm³/mol. The van der Waals surface area contributed by atoms with Crippen LogP contribution in [-0.4, -0.2) is 49.4 Å². The summed E-state index contributed by atoms with van der Waals surface area (Å²) in [5.41, 5.74) is 3.09. The molecule has 0 amide bonds. The highest BCUT2D eigenvalue weighted by Gasteiger charge is 2.40. The number of nitrogens with one attached hydrogen (secondary N) is 2. The summed E-state index contributed by atoms with van der Waals surface area (Å²) in [7, 11) is 0. The average molecular weight is 408 g/mol. The van der Waals surface area contributed by atoms with E-state index in [1.54, 1.807) is 18.5 Å². The molecule has 30 heavy (non-hydrogen) atoms. The van der Waals surface area contributed by atoms with Gasteiger partial charge < -0.3 is 19.8 Å². The molecule has 0 bridgehead atoms. The van der Waals surface area contributed by atoms with Crippen LogP contribution in [0.25, 0.3) is 27.8 Å². The summed E-state index contributed by atoms with van der Waals surface area (Å²) in [6.07, 6.45) is 10.3. The molecule has 0 aromatic carbocycles. The fourth-order valence-electron chi connectivity index (χ4n) is 4.50. The molecule has 1 saturated heterocycles. The van der Waals surface area contributed by atoms with E-state index in [4.69, 9.17) is 9.47 Å². The minimum Gasteiger partial charge on any atom is -0.351 e. The fourth-order valence-corrected chi connectivity index (χ4v) is 4.50. The Labute approximate surface area is 171 Å². The third-order valence-electron chi connectivity index (χ3n) is 6.10. The van der Waals surface area contributed by atoms with E-state index < -0.39 is 5.95 Å². The zero-order chi connectivity index (χ0) is 20.1. The lowest BCUT2D eigenvalue weighted by molar-refractivity contribution is -0.177. The van der Waals surface area contributed by atoms with E-state index in [0.29, 0.717) is 30.9 Å². The van der Waals surface area contributed by atoms with Crippen LogP contribution in [-0.2, 0) is 9.47 Å². The first-order valence-electron chi connectivity index (χ1n) is 10.2. The molecule has 1 aliphatic carbocycles. The van der Waals surface area contributed by atoms with Crippen LogP contribution in [0.5, 0.6) is 0 Å². The summed E-state index contributed by atoms with van der Waals surface area (Å²) >= 11 is 0. The maximum Gasteiger partial charge on any atom is 0.224 e. The second-order valence-electron chi connectivity index (χ2n) is 7.91. The lowest BCUT2D eigenvalue weighted by Gasteiger charge is -2.35. The highest BCUT2D eigenvalue weighted by atomic mass is 19.1. The van der Waals surface area contributed by atoms with E-state index in [0.717, 1.165) is 47.8 Å². The standard InChI is InChI=1S/C21H21FN6O2/c22-17-11-23-18-2-1-13(12-28(17)18)15-9-24-19-16(15)10-25-20(27-19)26-14-3-5-21(6-4-14)29-7-8-30-21/h1-2,9-12,14H,3-8H2,(H2,24,25,26,27). The molecule has 5 heterocycles. The van der Waals surface area contributed by atoms with Gasteiger partial charge in [0, 0.05) is 54.0 Å². The van der Waals surface area contributed by atoms with Crippen LogP contribution in [0.3, 0.4) is 0 Å². The van der Waals surface area contributed by atoms with Crippen LogP contribution in [0, 0.1) is 5.95 Å². The lowest BCUT2D eigenvalue weighted by Crippen LogP contribution is -2.39. The number of aromatic nitrogens is 5. The molecule has 6 rings (SSSR count). The van der Waals surface area contributed by atoms with Crippen LogP contribution in [0.4, 0.5) is 10.3 Å². The van der Waals surface area contributed by atoms with Crippen molar-refractivity contribution in [1.82, 2.24) is 24.3 Å². The SMILES string of the molecule is Fc1cnc2ccc(-c3c[nH]c4nc(NC5CCC6(CC5)OCCO6)ncc34)cn12. The molecule has 8 nitrogen and oxygen atoms in total. The number of hydrogen-bond acceptors (Lipinski definition) is 6. The van der Waals surface area contributed by atoms with Crippen molar-refractivity contribution in [2.75, 3.05) is 18.5 Å². The maximum absolute atomic E-state index is 13.9. The van der Waals surface area contributed by atoms with Gasteiger partial charge in [0.2, 0.25) is 11.9 Å². The van der Waals surface area contributed by atoms with Gasteiger partial charge >= 0.3 is 0 Å². The Balaban J connectivity index is 1.23. The smallest absolute Gasteiger partial charge is 0.224 e. The number of fused-ring (bicyclic) bond motifs is 2. The Kier molecular flexibility index (Phi) is 4.00. The molecule has 4 aromatic heterocycles. The van der Waals surface area contributed by atoms with Gasteiger partial charge in [0.25, 0.3) is 0 Å². The van der Waals surface area contributed by atoms with Crippen molar-refractivity contribution in [3.63, 3.8) is 0 Å². The van der Waals surface area contributed by atoms with Gasteiger partial charge in [0.05, 0.1) is 19.4 Å². The molecule has 0 radical (unpaired) electrons. The topological polar surface area (TPSA) is 89.4 Å². The molecular weight excluding hydrogens is 387 g/mol. The number of anilines is 1. The number of aromatic amines is 1. The van der Waals surface area contributed by atoms with E-state index in [1.807, 2.05) is 12.3 Å². The third kappa shape index (κ3) is 2.93. The molecular formula is C21H21FN6O2. The summed E-state index contributed by atoms with van der Waals surface area (Å²) in [6.45, 7) is 1.38. The van der Waals surface area contributed by atoms with Crippen molar-refractivity contribution in [1.29, 1.82) is 0 Å². The largest absolute Gasteiger partial charge is 0.351 e. The molecule has 2 fully saturated rings. The molecule has 2 aliphatic rings. The van der Waals surface area contributed by atoms with Gasteiger partial charge in [-0.15, -0.1) is 0 Å². The average Bonchev–Trinajstić information content (AvgIpc) is 3.49. The molecule has 154 valence electrons. The van der Waals surface area contributed by atoms with Gasteiger partial charge in [-0.05, 0) is 25.0 Å². The molecule has 9 heteroatoms. The van der Waals surface area contributed by atoms with Crippen LogP contribution in [0.15, 0.2) is 36.9 Å². The number of rotatable bonds is 3. The van der Waals surface area contributed by atoms with Gasteiger partial charge in [-0.1, -0.05) is 0 Å². The fraction of sp³-hybridized carbons (Fsp3) is 0.381. The zero-order valence-electron chi connectivity index (χ0n) is 16.3. The van der Waals surface area contributed by atoms with Crippen molar-refractivity contribution in [2.45, 2.75) is 37.5 Å². The Morgan fingerprint density at radius 2 is 1.97 bits per heavy atom. The van der Waals surface area contributed by atoms with E-state index in [-0.39, 0.29) is 5.79 Å². The summed E-state index contributed by atoms with van der Waals surface area (Å²) in [5, 5.41) is 4.33. The van der Waals surface area contributed by atoms with Gasteiger partial charge in [-0.25, -0.2) is 9.97 Å². The summed E-state index contributed by atoms with van der Waals surface area (Å²) in [6, 6.07) is 4.00. The highest BCUT2D eigenvalue weighted by Crippen LogP contribution is 2.36. The number of hydrogen-bond donors (Lipinski definition) is 2. The molecule has 0 unspecified atom stereocenters. The maximum atomic E-state index is 13.9. The van der Waals surface area contributed by atoms with Crippen LogP contribution in [0.2, 0.25) is 0 Å². The number of ether oxygens (including phenoxy) is 2. The van der Waals surface area contributed by atoms with Crippen molar-refractivity contribution in [2.24, 2.45) is 0 Å². The first kappa shape index (κ1) is 17.8. The minimum absolute atomic E-state index is 0.293. The second kappa shape index (κ2) is 6.75. The van der Waals surface area contributed by atoms with E-state index in [2.05, 4.69) is 25.3 Å². The van der Waals surface area contributed by atoms with Crippen LogP contribution >= 0.6 is 0 Å². The molecule has 1 spiro atoms. The van der Waals surface area contributed by atoms with E-state index >= 15 is 0 Å². The van der Waals surface area contributed by atoms with E-state index in [9.17, 15) is 4.39 Å². The first-order valence-corrected chi connectivity index (χ1v) is 10.2. The van der Waals surface area contributed by atoms with Crippen LogP contribution < -0.4 is 5.32 Å². The number of imidazole rings is 1. The quantitative estimate of drug-likeness (QED) is 0.539. The number of halogens is 1. The number of H-pyrrole nitrogens is 1. The van der Waals surface area contributed by atoms with E-state index in [1.165, 1.54) is 10.6 Å². The monoisotopic (exact) mass is 408 g/mol. The number of pyridine rings is 1. The van der Waals surface area contributed by atoms with Gasteiger partial charge in [0.1, 0.15) is 11.3 Å². The normalized spacial score (nSPS) is 19.2. The Morgan fingerprint density at radius 1 is 1.13 bits per heavy atom. The molecule has 1 saturated carbocycles. The lowest BCUT2D eigenvalue weighted by atomic mass is 9.90. The van der Waals surface area contributed by atoms with Gasteiger partial charge in [0.15, 0.2) is 5.79 Å². The van der Waals surface area contributed by atoms with Crippen LogP contribution in [0.1, 0.15) is 25.7 Å². The Hall–Kier alpha value is -3.04. The zero-order valence-corrected chi connectivity index (χ0v) is 16.3. The van der Waals surface area contributed by atoms with Crippen molar-refractivity contribution in [3.05, 3.63) is 42.9 Å². The number of nitrogens with zero attached hydrogens (tertiary/aromatic N) is 4. The summed E-state index contributed by atoms with van der Waals surface area (Å²) < 4.78 is 26.9. The molecule has 4 aromatic rings. The summed E-state index contributed by atoms with van der Waals surface area (Å²) in [4.78, 5) is 16.4.